The van der Waals surface area contributed by atoms with Crippen LogP contribution in [0.5, 0.6) is 0 Å². The SMILES string of the molecule is CCC1CCCCN1CC(=O)N(C)C1CCS(=O)(=O)C1. The summed E-state index contributed by atoms with van der Waals surface area (Å²) in [6, 6.07) is 0.380. The van der Waals surface area contributed by atoms with Crippen molar-refractivity contribution in [2.45, 2.75) is 51.1 Å². The van der Waals surface area contributed by atoms with Crippen LogP contribution in [0.1, 0.15) is 39.0 Å². The van der Waals surface area contributed by atoms with Gasteiger partial charge in [0.1, 0.15) is 0 Å². The van der Waals surface area contributed by atoms with Gasteiger partial charge in [-0.05, 0) is 32.2 Å². The third-order valence-corrected chi connectivity index (χ3v) is 6.46. The molecular weight excluding hydrogens is 276 g/mol. The number of carbonyl (C=O) groups excluding carboxylic acids is 1. The van der Waals surface area contributed by atoms with E-state index in [1.54, 1.807) is 11.9 Å². The van der Waals surface area contributed by atoms with Gasteiger partial charge in [-0.25, -0.2) is 8.42 Å². The minimum atomic E-state index is -2.93. The molecule has 0 N–H and O–H groups in total. The van der Waals surface area contributed by atoms with E-state index in [4.69, 9.17) is 0 Å². The molecule has 2 aliphatic rings. The highest BCUT2D eigenvalue weighted by Crippen LogP contribution is 2.21. The lowest BCUT2D eigenvalue weighted by Gasteiger charge is -2.36. The molecule has 0 aromatic carbocycles. The summed E-state index contributed by atoms with van der Waals surface area (Å²) in [5.41, 5.74) is 0. The average Bonchev–Trinajstić information content (AvgIpc) is 2.78. The van der Waals surface area contributed by atoms with Gasteiger partial charge in [-0.3, -0.25) is 9.69 Å². The lowest BCUT2D eigenvalue weighted by atomic mass is 10.00. The Balaban J connectivity index is 1.90. The first-order chi connectivity index (χ1) is 9.43. The summed E-state index contributed by atoms with van der Waals surface area (Å²) < 4.78 is 23.0. The van der Waals surface area contributed by atoms with Crippen LogP contribution in [0, 0.1) is 0 Å². The number of piperidine rings is 1. The van der Waals surface area contributed by atoms with Crippen molar-refractivity contribution >= 4 is 15.7 Å². The van der Waals surface area contributed by atoms with Gasteiger partial charge in [-0.1, -0.05) is 13.3 Å². The van der Waals surface area contributed by atoms with E-state index in [1.165, 1.54) is 12.8 Å². The molecule has 0 aromatic heterocycles. The van der Waals surface area contributed by atoms with E-state index < -0.39 is 9.84 Å². The Kier molecular flexibility index (Phi) is 5.07. The normalized spacial score (nSPS) is 30.3. The Morgan fingerprint density at radius 1 is 1.30 bits per heavy atom. The number of amides is 1. The van der Waals surface area contributed by atoms with Crippen LogP contribution < -0.4 is 0 Å². The van der Waals surface area contributed by atoms with Gasteiger partial charge in [-0.15, -0.1) is 0 Å². The van der Waals surface area contributed by atoms with Gasteiger partial charge in [0.05, 0.1) is 18.1 Å². The molecule has 0 aromatic rings. The maximum atomic E-state index is 12.4. The molecule has 116 valence electrons. The van der Waals surface area contributed by atoms with E-state index in [0.717, 1.165) is 19.4 Å². The molecule has 2 fully saturated rings. The molecule has 20 heavy (non-hydrogen) atoms. The van der Waals surface area contributed by atoms with Crippen LogP contribution in [0.15, 0.2) is 0 Å². The number of rotatable bonds is 4. The molecule has 2 saturated heterocycles. The molecule has 0 radical (unpaired) electrons. The van der Waals surface area contributed by atoms with Crippen LogP contribution in [-0.2, 0) is 14.6 Å². The maximum Gasteiger partial charge on any atom is 0.236 e. The van der Waals surface area contributed by atoms with Crippen molar-refractivity contribution in [2.24, 2.45) is 0 Å². The maximum absolute atomic E-state index is 12.4. The monoisotopic (exact) mass is 302 g/mol. The Hall–Kier alpha value is -0.620. The molecular formula is C14H26N2O3S. The summed E-state index contributed by atoms with van der Waals surface area (Å²) in [6.45, 7) is 3.59. The van der Waals surface area contributed by atoms with Gasteiger partial charge in [-0.2, -0.15) is 0 Å². The summed E-state index contributed by atoms with van der Waals surface area (Å²) in [5, 5.41) is 0. The van der Waals surface area contributed by atoms with Crippen molar-refractivity contribution in [3.63, 3.8) is 0 Å². The number of sulfone groups is 1. The third-order valence-electron chi connectivity index (χ3n) is 4.71. The van der Waals surface area contributed by atoms with Crippen LogP contribution in [0.25, 0.3) is 0 Å². The molecule has 0 aliphatic carbocycles. The van der Waals surface area contributed by atoms with Gasteiger partial charge in [0.2, 0.25) is 5.91 Å². The van der Waals surface area contributed by atoms with Crippen molar-refractivity contribution in [3.8, 4) is 0 Å². The summed E-state index contributed by atoms with van der Waals surface area (Å²) in [6.07, 6.45) is 5.24. The topological polar surface area (TPSA) is 57.7 Å². The van der Waals surface area contributed by atoms with E-state index in [9.17, 15) is 13.2 Å². The van der Waals surface area contributed by atoms with Gasteiger partial charge < -0.3 is 4.90 Å². The van der Waals surface area contributed by atoms with Crippen molar-refractivity contribution in [2.75, 3.05) is 31.6 Å². The average molecular weight is 302 g/mol. The Morgan fingerprint density at radius 2 is 2.05 bits per heavy atom. The number of likely N-dealkylation sites (tertiary alicyclic amines) is 1. The molecule has 2 unspecified atom stereocenters. The second-order valence-electron chi connectivity index (χ2n) is 6.09. The molecule has 2 aliphatic heterocycles. The molecule has 0 bridgehead atoms. The molecule has 6 heteroatoms. The number of carbonyl (C=O) groups is 1. The lowest BCUT2D eigenvalue weighted by Crippen LogP contribution is -2.48. The standard InChI is InChI=1S/C14H26N2O3S/c1-3-12-6-4-5-8-16(12)10-14(17)15(2)13-7-9-20(18,19)11-13/h12-13H,3-11H2,1-2H3. The number of likely N-dealkylation sites (N-methyl/N-ethyl adjacent to an activating group) is 1. The molecule has 2 heterocycles. The van der Waals surface area contributed by atoms with Crippen molar-refractivity contribution in [1.82, 2.24) is 9.80 Å². The lowest BCUT2D eigenvalue weighted by molar-refractivity contribution is -0.133. The van der Waals surface area contributed by atoms with Crippen LogP contribution in [0.4, 0.5) is 0 Å². The summed E-state index contributed by atoms with van der Waals surface area (Å²) in [7, 11) is -1.18. The zero-order valence-electron chi connectivity index (χ0n) is 12.5. The smallest absolute Gasteiger partial charge is 0.236 e. The second kappa shape index (κ2) is 6.43. The highest BCUT2D eigenvalue weighted by Gasteiger charge is 2.33. The largest absolute Gasteiger partial charge is 0.341 e. The first-order valence-electron chi connectivity index (χ1n) is 7.63. The second-order valence-corrected chi connectivity index (χ2v) is 8.32. The summed E-state index contributed by atoms with van der Waals surface area (Å²) in [5.74, 6) is 0.413. The molecule has 1 amide bonds. The quantitative estimate of drug-likeness (QED) is 0.774. The number of hydrogen-bond donors (Lipinski definition) is 0. The molecule has 2 rings (SSSR count). The number of nitrogens with zero attached hydrogens (tertiary/aromatic N) is 2. The Bertz CT molecular complexity index is 449. The van der Waals surface area contributed by atoms with Gasteiger partial charge in [0.25, 0.3) is 0 Å². The Morgan fingerprint density at radius 3 is 2.65 bits per heavy atom. The van der Waals surface area contributed by atoms with E-state index >= 15 is 0 Å². The fraction of sp³-hybridized carbons (Fsp3) is 0.929. The fourth-order valence-corrected chi connectivity index (χ4v) is 5.07. The third kappa shape index (κ3) is 3.73. The number of hydrogen-bond acceptors (Lipinski definition) is 4. The predicted molar refractivity (Wildman–Crippen MR) is 79.3 cm³/mol. The van der Waals surface area contributed by atoms with Crippen LogP contribution in [0.2, 0.25) is 0 Å². The molecule has 2 atom stereocenters. The van der Waals surface area contributed by atoms with Crippen LogP contribution in [0.3, 0.4) is 0 Å². The zero-order valence-corrected chi connectivity index (χ0v) is 13.4. The van der Waals surface area contributed by atoms with Gasteiger partial charge in [0.15, 0.2) is 9.84 Å². The molecule has 0 spiro atoms. The summed E-state index contributed by atoms with van der Waals surface area (Å²) in [4.78, 5) is 16.3. The van der Waals surface area contributed by atoms with E-state index in [1.807, 2.05) is 0 Å². The van der Waals surface area contributed by atoms with Crippen LogP contribution >= 0.6 is 0 Å². The first-order valence-corrected chi connectivity index (χ1v) is 9.45. The minimum Gasteiger partial charge on any atom is -0.341 e. The van der Waals surface area contributed by atoms with E-state index in [2.05, 4.69) is 11.8 Å². The van der Waals surface area contributed by atoms with Gasteiger partial charge >= 0.3 is 0 Å². The fourth-order valence-electron chi connectivity index (χ4n) is 3.30. The molecule has 5 nitrogen and oxygen atoms in total. The van der Waals surface area contributed by atoms with E-state index in [0.29, 0.717) is 19.0 Å². The highest BCUT2D eigenvalue weighted by molar-refractivity contribution is 7.91. The van der Waals surface area contributed by atoms with Crippen molar-refractivity contribution < 1.29 is 13.2 Å². The van der Waals surface area contributed by atoms with Crippen molar-refractivity contribution in [3.05, 3.63) is 0 Å². The van der Waals surface area contributed by atoms with E-state index in [-0.39, 0.29) is 23.5 Å². The first kappa shape index (κ1) is 15.8. The highest BCUT2D eigenvalue weighted by atomic mass is 32.2. The van der Waals surface area contributed by atoms with Crippen LogP contribution in [-0.4, -0.2) is 67.9 Å². The van der Waals surface area contributed by atoms with Gasteiger partial charge in [0, 0.05) is 19.1 Å². The molecule has 0 saturated carbocycles. The van der Waals surface area contributed by atoms with Crippen molar-refractivity contribution in [1.29, 1.82) is 0 Å². The Labute approximate surface area is 122 Å². The minimum absolute atomic E-state index is 0.0625. The summed E-state index contributed by atoms with van der Waals surface area (Å²) >= 11 is 0. The zero-order chi connectivity index (χ0) is 14.8. The predicted octanol–water partition coefficient (Wildman–Crippen LogP) is 0.896.